The van der Waals surface area contributed by atoms with E-state index >= 15 is 0 Å². The number of carbonyl (C=O) groups excluding carboxylic acids is 1. The Hall–Kier alpha value is -0.640. The monoisotopic (exact) mass is 160 g/mol. The van der Waals surface area contributed by atoms with Crippen molar-refractivity contribution in [1.29, 1.82) is 0 Å². The van der Waals surface area contributed by atoms with E-state index in [9.17, 15) is 9.18 Å². The predicted molar refractivity (Wildman–Crippen MR) is 40.0 cm³/mol. The standard InChI is InChI=1S/C7H13FN2O/c1-9-6(11)7(8)2-4-10-5-3-7/h10H,2-5H2,1H3,(H,9,11). The van der Waals surface area contributed by atoms with Gasteiger partial charge >= 0.3 is 0 Å². The number of nitrogens with one attached hydrogen (secondary N) is 2. The Morgan fingerprint density at radius 1 is 1.55 bits per heavy atom. The number of carbonyl (C=O) groups is 1. The Morgan fingerprint density at radius 2 is 2.09 bits per heavy atom. The minimum absolute atomic E-state index is 0.284. The number of halogens is 1. The number of piperidine rings is 1. The molecule has 0 aromatic rings. The van der Waals surface area contributed by atoms with Gasteiger partial charge in [0.05, 0.1) is 0 Å². The third kappa shape index (κ3) is 1.68. The fourth-order valence-corrected chi connectivity index (χ4v) is 1.27. The lowest BCUT2D eigenvalue weighted by Gasteiger charge is -2.27. The quantitative estimate of drug-likeness (QED) is 0.559. The molecule has 1 aliphatic rings. The third-order valence-electron chi connectivity index (χ3n) is 2.03. The highest BCUT2D eigenvalue weighted by molar-refractivity contribution is 5.84. The molecule has 0 aromatic heterocycles. The van der Waals surface area contributed by atoms with Crippen LogP contribution in [0, 0.1) is 0 Å². The number of alkyl halides is 1. The lowest BCUT2D eigenvalue weighted by Crippen LogP contribution is -2.48. The largest absolute Gasteiger partial charge is 0.356 e. The van der Waals surface area contributed by atoms with Crippen molar-refractivity contribution in [2.75, 3.05) is 20.1 Å². The van der Waals surface area contributed by atoms with E-state index in [1.54, 1.807) is 0 Å². The van der Waals surface area contributed by atoms with E-state index in [0.717, 1.165) is 0 Å². The maximum atomic E-state index is 13.5. The van der Waals surface area contributed by atoms with Gasteiger partial charge in [0.15, 0.2) is 5.67 Å². The molecule has 0 atom stereocenters. The van der Waals surface area contributed by atoms with Gasteiger partial charge in [-0.2, -0.15) is 0 Å². The first kappa shape index (κ1) is 8.46. The molecule has 0 bridgehead atoms. The smallest absolute Gasteiger partial charge is 0.257 e. The van der Waals surface area contributed by atoms with Crippen LogP contribution >= 0.6 is 0 Å². The summed E-state index contributed by atoms with van der Waals surface area (Å²) in [4.78, 5) is 11.0. The molecule has 1 rings (SSSR count). The second kappa shape index (κ2) is 3.17. The zero-order valence-electron chi connectivity index (χ0n) is 6.61. The Kier molecular flexibility index (Phi) is 2.44. The minimum Gasteiger partial charge on any atom is -0.356 e. The summed E-state index contributed by atoms with van der Waals surface area (Å²) < 4.78 is 13.5. The molecule has 64 valence electrons. The van der Waals surface area contributed by atoms with E-state index in [1.807, 2.05) is 0 Å². The van der Waals surface area contributed by atoms with Gasteiger partial charge in [-0.1, -0.05) is 0 Å². The van der Waals surface area contributed by atoms with E-state index in [2.05, 4.69) is 10.6 Å². The van der Waals surface area contributed by atoms with Gasteiger partial charge in [-0.3, -0.25) is 4.79 Å². The lowest BCUT2D eigenvalue weighted by atomic mass is 9.94. The highest BCUT2D eigenvalue weighted by atomic mass is 19.1. The Morgan fingerprint density at radius 3 is 2.55 bits per heavy atom. The van der Waals surface area contributed by atoms with E-state index < -0.39 is 11.6 Å². The van der Waals surface area contributed by atoms with Crippen molar-refractivity contribution in [2.45, 2.75) is 18.5 Å². The van der Waals surface area contributed by atoms with Gasteiger partial charge in [0.2, 0.25) is 0 Å². The summed E-state index contributed by atoms with van der Waals surface area (Å²) in [5, 5.41) is 5.33. The molecule has 0 radical (unpaired) electrons. The summed E-state index contributed by atoms with van der Waals surface area (Å²) in [6.45, 7) is 1.17. The highest BCUT2D eigenvalue weighted by Gasteiger charge is 2.38. The summed E-state index contributed by atoms with van der Waals surface area (Å²) in [5.41, 5.74) is -1.62. The van der Waals surface area contributed by atoms with Gasteiger partial charge < -0.3 is 10.6 Å². The van der Waals surface area contributed by atoms with Crippen LogP contribution in [-0.4, -0.2) is 31.7 Å². The van der Waals surface area contributed by atoms with Gasteiger partial charge in [0, 0.05) is 19.9 Å². The molecule has 0 saturated carbocycles. The van der Waals surface area contributed by atoms with Crippen molar-refractivity contribution < 1.29 is 9.18 Å². The zero-order chi connectivity index (χ0) is 8.32. The van der Waals surface area contributed by atoms with Crippen molar-refractivity contribution in [1.82, 2.24) is 10.6 Å². The summed E-state index contributed by atoms with van der Waals surface area (Å²) in [7, 11) is 1.46. The average Bonchev–Trinajstić information content (AvgIpc) is 2.04. The number of hydrogen-bond acceptors (Lipinski definition) is 2. The van der Waals surface area contributed by atoms with Crippen LogP contribution < -0.4 is 10.6 Å². The fraction of sp³-hybridized carbons (Fsp3) is 0.857. The average molecular weight is 160 g/mol. The van der Waals surface area contributed by atoms with E-state index in [-0.39, 0.29) is 12.8 Å². The second-order valence-electron chi connectivity index (χ2n) is 2.79. The van der Waals surface area contributed by atoms with Gasteiger partial charge in [0.25, 0.3) is 5.91 Å². The molecule has 1 aliphatic heterocycles. The molecular formula is C7H13FN2O. The molecule has 4 heteroatoms. The Labute approximate surface area is 65.3 Å². The van der Waals surface area contributed by atoms with Crippen molar-refractivity contribution in [3.8, 4) is 0 Å². The number of amides is 1. The summed E-state index contributed by atoms with van der Waals surface area (Å²) in [6, 6.07) is 0. The number of hydrogen-bond donors (Lipinski definition) is 2. The molecule has 1 heterocycles. The molecule has 1 saturated heterocycles. The molecule has 1 amide bonds. The molecule has 0 aliphatic carbocycles. The summed E-state index contributed by atoms with van der Waals surface area (Å²) >= 11 is 0. The van der Waals surface area contributed by atoms with Crippen LogP contribution in [0.5, 0.6) is 0 Å². The van der Waals surface area contributed by atoms with E-state index in [4.69, 9.17) is 0 Å². The maximum Gasteiger partial charge on any atom is 0.257 e. The fourth-order valence-electron chi connectivity index (χ4n) is 1.27. The molecular weight excluding hydrogens is 147 g/mol. The molecule has 2 N–H and O–H groups in total. The normalized spacial score (nSPS) is 22.7. The molecule has 0 unspecified atom stereocenters. The van der Waals surface area contributed by atoms with E-state index in [0.29, 0.717) is 13.1 Å². The molecule has 3 nitrogen and oxygen atoms in total. The summed E-state index contributed by atoms with van der Waals surface area (Å²) in [5.74, 6) is -0.487. The van der Waals surface area contributed by atoms with Gasteiger partial charge in [-0.15, -0.1) is 0 Å². The predicted octanol–water partition coefficient (Wildman–Crippen LogP) is -0.176. The topological polar surface area (TPSA) is 41.1 Å². The van der Waals surface area contributed by atoms with Crippen LogP contribution in [0.15, 0.2) is 0 Å². The third-order valence-corrected chi connectivity index (χ3v) is 2.03. The van der Waals surface area contributed by atoms with Crippen molar-refractivity contribution in [3.63, 3.8) is 0 Å². The zero-order valence-corrected chi connectivity index (χ0v) is 6.61. The highest BCUT2D eigenvalue weighted by Crippen LogP contribution is 2.22. The van der Waals surface area contributed by atoms with Gasteiger partial charge in [0.1, 0.15) is 0 Å². The first-order valence-electron chi connectivity index (χ1n) is 3.81. The van der Waals surface area contributed by atoms with Crippen LogP contribution in [0.4, 0.5) is 4.39 Å². The number of rotatable bonds is 1. The van der Waals surface area contributed by atoms with E-state index in [1.165, 1.54) is 7.05 Å². The van der Waals surface area contributed by atoms with Crippen LogP contribution in [0.25, 0.3) is 0 Å². The second-order valence-corrected chi connectivity index (χ2v) is 2.79. The summed E-state index contributed by atoms with van der Waals surface area (Å²) in [6.07, 6.45) is 0.569. The van der Waals surface area contributed by atoms with Gasteiger partial charge in [-0.25, -0.2) is 4.39 Å². The van der Waals surface area contributed by atoms with Crippen LogP contribution in [0.3, 0.4) is 0 Å². The lowest BCUT2D eigenvalue weighted by molar-refractivity contribution is -0.134. The Bertz CT molecular complexity index is 155. The van der Waals surface area contributed by atoms with Crippen LogP contribution in [-0.2, 0) is 4.79 Å². The SMILES string of the molecule is CNC(=O)C1(F)CCNCC1. The van der Waals surface area contributed by atoms with Crippen molar-refractivity contribution in [3.05, 3.63) is 0 Å². The van der Waals surface area contributed by atoms with Crippen LogP contribution in [0.1, 0.15) is 12.8 Å². The molecule has 0 aromatic carbocycles. The molecule has 0 spiro atoms. The van der Waals surface area contributed by atoms with Crippen LogP contribution in [0.2, 0.25) is 0 Å². The van der Waals surface area contributed by atoms with Crippen molar-refractivity contribution >= 4 is 5.91 Å². The van der Waals surface area contributed by atoms with Crippen molar-refractivity contribution in [2.24, 2.45) is 0 Å². The maximum absolute atomic E-state index is 13.5. The minimum atomic E-state index is -1.62. The first-order chi connectivity index (χ1) is 5.19. The molecule has 11 heavy (non-hydrogen) atoms. The first-order valence-corrected chi connectivity index (χ1v) is 3.81. The Balaban J connectivity index is 2.56. The van der Waals surface area contributed by atoms with Gasteiger partial charge in [-0.05, 0) is 13.1 Å². The molecule has 1 fully saturated rings.